The van der Waals surface area contributed by atoms with Crippen LogP contribution in [0.2, 0.25) is 0 Å². The highest BCUT2D eigenvalue weighted by Crippen LogP contribution is 2.14. The summed E-state index contributed by atoms with van der Waals surface area (Å²) in [6.07, 6.45) is 0.521. The highest BCUT2D eigenvalue weighted by Gasteiger charge is 2.25. The maximum Gasteiger partial charge on any atom is 0.264 e. The lowest BCUT2D eigenvalue weighted by atomic mass is 10.2. The smallest absolute Gasteiger partial charge is 0.264 e. The molecule has 1 atom stereocenters. The number of amides is 2. The maximum atomic E-state index is 12.2. The highest BCUT2D eigenvalue weighted by molar-refractivity contribution is 7.12. The molecule has 0 radical (unpaired) electrons. The van der Waals surface area contributed by atoms with Crippen molar-refractivity contribution in [1.29, 1.82) is 0 Å². The third kappa shape index (κ3) is 4.28. The van der Waals surface area contributed by atoms with Crippen LogP contribution in [-0.2, 0) is 4.79 Å². The molecule has 1 N–H and O–H groups in total. The van der Waals surface area contributed by atoms with Crippen molar-refractivity contribution >= 4 is 23.2 Å². The molecule has 1 aromatic heterocycles. The van der Waals surface area contributed by atoms with Gasteiger partial charge in [-0.2, -0.15) is 0 Å². The lowest BCUT2D eigenvalue weighted by Crippen LogP contribution is -2.51. The molecular weight excluding hydrogens is 286 g/mol. The minimum Gasteiger partial charge on any atom is -0.339 e. The van der Waals surface area contributed by atoms with Gasteiger partial charge in [0.05, 0.1) is 4.88 Å². The Balaban J connectivity index is 1.80. The Labute approximate surface area is 129 Å². The van der Waals surface area contributed by atoms with E-state index in [2.05, 4.69) is 5.32 Å². The average molecular weight is 309 g/mol. The molecule has 0 saturated carbocycles. The van der Waals surface area contributed by atoms with Gasteiger partial charge in [0.2, 0.25) is 5.91 Å². The van der Waals surface area contributed by atoms with Crippen molar-refractivity contribution in [2.24, 2.45) is 0 Å². The van der Waals surface area contributed by atoms with Crippen LogP contribution in [0.25, 0.3) is 0 Å². The van der Waals surface area contributed by atoms with E-state index in [4.69, 9.17) is 0 Å². The Hall–Kier alpha value is -1.40. The van der Waals surface area contributed by atoms with E-state index in [0.29, 0.717) is 32.6 Å². The van der Waals surface area contributed by atoms with Gasteiger partial charge in [0, 0.05) is 38.6 Å². The number of carbonyl (C=O) groups excluding carboxylic acids is 2. The van der Waals surface area contributed by atoms with E-state index in [1.54, 1.807) is 0 Å². The third-order valence-electron chi connectivity index (χ3n) is 3.68. The fraction of sp³-hybridized carbons (Fsp3) is 0.600. The Morgan fingerprint density at radius 2 is 1.95 bits per heavy atom. The number of piperazine rings is 1. The first-order chi connectivity index (χ1) is 10.1. The van der Waals surface area contributed by atoms with Crippen LogP contribution in [-0.4, -0.2) is 60.4 Å². The summed E-state index contributed by atoms with van der Waals surface area (Å²) in [7, 11) is 0. The standard InChI is InChI=1S/C15H23N3O2S/c1-3-16-12(2)11-14(19)17-6-8-18(9-7-17)15(20)13-5-4-10-21-13/h4-5,10,12,16H,3,6-9,11H2,1-2H3. The van der Waals surface area contributed by atoms with Gasteiger partial charge in [-0.15, -0.1) is 11.3 Å². The number of hydrogen-bond donors (Lipinski definition) is 1. The van der Waals surface area contributed by atoms with Crippen LogP contribution >= 0.6 is 11.3 Å². The number of hydrogen-bond acceptors (Lipinski definition) is 4. The van der Waals surface area contributed by atoms with E-state index >= 15 is 0 Å². The second-order valence-electron chi connectivity index (χ2n) is 5.31. The average Bonchev–Trinajstić information content (AvgIpc) is 3.01. The molecule has 1 unspecified atom stereocenters. The summed E-state index contributed by atoms with van der Waals surface area (Å²) in [6.45, 7) is 7.45. The van der Waals surface area contributed by atoms with Crippen molar-refractivity contribution in [3.8, 4) is 0 Å². The topological polar surface area (TPSA) is 52.7 Å². The van der Waals surface area contributed by atoms with Gasteiger partial charge >= 0.3 is 0 Å². The van der Waals surface area contributed by atoms with Crippen molar-refractivity contribution < 1.29 is 9.59 Å². The molecule has 2 amide bonds. The van der Waals surface area contributed by atoms with Crippen LogP contribution in [0, 0.1) is 0 Å². The molecule has 6 heteroatoms. The quantitative estimate of drug-likeness (QED) is 0.895. The molecule has 2 heterocycles. The SMILES string of the molecule is CCNC(C)CC(=O)N1CCN(C(=O)c2cccs2)CC1. The first-order valence-corrected chi connectivity index (χ1v) is 8.33. The number of carbonyl (C=O) groups is 2. The summed E-state index contributed by atoms with van der Waals surface area (Å²) in [4.78, 5) is 28.9. The van der Waals surface area contributed by atoms with Crippen LogP contribution in [0.4, 0.5) is 0 Å². The minimum atomic E-state index is 0.0816. The second-order valence-corrected chi connectivity index (χ2v) is 6.26. The van der Waals surface area contributed by atoms with Gasteiger partial charge in [-0.05, 0) is 24.9 Å². The molecule has 0 spiro atoms. The first kappa shape index (κ1) is 16.0. The summed E-state index contributed by atoms with van der Waals surface area (Å²) in [5.41, 5.74) is 0. The first-order valence-electron chi connectivity index (χ1n) is 7.45. The third-order valence-corrected chi connectivity index (χ3v) is 4.54. The molecule has 1 aliphatic rings. The lowest BCUT2D eigenvalue weighted by molar-refractivity contribution is -0.133. The zero-order chi connectivity index (χ0) is 15.2. The van der Waals surface area contributed by atoms with Crippen LogP contribution in [0.3, 0.4) is 0 Å². The predicted molar refractivity (Wildman–Crippen MR) is 84.6 cm³/mol. The molecule has 116 valence electrons. The van der Waals surface area contributed by atoms with Gasteiger partial charge in [-0.3, -0.25) is 9.59 Å². The highest BCUT2D eigenvalue weighted by atomic mass is 32.1. The molecule has 1 fully saturated rings. The van der Waals surface area contributed by atoms with Crippen LogP contribution in [0.5, 0.6) is 0 Å². The van der Waals surface area contributed by atoms with Crippen molar-refractivity contribution in [3.05, 3.63) is 22.4 Å². The van der Waals surface area contributed by atoms with Gasteiger partial charge < -0.3 is 15.1 Å². The Bertz CT molecular complexity index is 467. The Morgan fingerprint density at radius 3 is 2.52 bits per heavy atom. The van der Waals surface area contributed by atoms with Gasteiger partial charge in [0.15, 0.2) is 0 Å². The monoisotopic (exact) mass is 309 g/mol. The van der Waals surface area contributed by atoms with Crippen molar-refractivity contribution in [3.63, 3.8) is 0 Å². The summed E-state index contributed by atoms with van der Waals surface area (Å²) in [5.74, 6) is 0.254. The summed E-state index contributed by atoms with van der Waals surface area (Å²) in [6, 6.07) is 3.94. The molecule has 2 rings (SSSR count). The van der Waals surface area contributed by atoms with Crippen molar-refractivity contribution in [1.82, 2.24) is 15.1 Å². The van der Waals surface area contributed by atoms with Crippen molar-refractivity contribution in [2.45, 2.75) is 26.3 Å². The molecule has 5 nitrogen and oxygen atoms in total. The number of thiophene rings is 1. The van der Waals surface area contributed by atoms with E-state index in [-0.39, 0.29) is 17.9 Å². The van der Waals surface area contributed by atoms with Gasteiger partial charge in [-0.1, -0.05) is 13.0 Å². The number of nitrogens with one attached hydrogen (secondary N) is 1. The molecule has 21 heavy (non-hydrogen) atoms. The fourth-order valence-corrected chi connectivity index (χ4v) is 3.22. The molecule has 1 saturated heterocycles. The van der Waals surface area contributed by atoms with E-state index in [1.807, 2.05) is 41.2 Å². The molecule has 1 aliphatic heterocycles. The van der Waals surface area contributed by atoms with Gasteiger partial charge in [0.25, 0.3) is 5.91 Å². The fourth-order valence-electron chi connectivity index (χ4n) is 2.53. The molecule has 0 bridgehead atoms. The largest absolute Gasteiger partial charge is 0.339 e. The molecule has 1 aromatic rings. The Morgan fingerprint density at radius 1 is 1.29 bits per heavy atom. The Kier molecular flexibility index (Phi) is 5.76. The maximum absolute atomic E-state index is 12.2. The van der Waals surface area contributed by atoms with E-state index in [0.717, 1.165) is 11.4 Å². The zero-order valence-corrected chi connectivity index (χ0v) is 13.5. The van der Waals surface area contributed by atoms with E-state index < -0.39 is 0 Å². The van der Waals surface area contributed by atoms with E-state index in [1.165, 1.54) is 11.3 Å². The summed E-state index contributed by atoms with van der Waals surface area (Å²) in [5, 5.41) is 5.16. The molecule has 0 aliphatic carbocycles. The molecule has 0 aromatic carbocycles. The second kappa shape index (κ2) is 7.56. The molecular formula is C15H23N3O2S. The number of nitrogens with zero attached hydrogens (tertiary/aromatic N) is 2. The lowest BCUT2D eigenvalue weighted by Gasteiger charge is -2.35. The van der Waals surface area contributed by atoms with Crippen LogP contribution < -0.4 is 5.32 Å². The normalized spacial score (nSPS) is 16.9. The van der Waals surface area contributed by atoms with Gasteiger partial charge in [-0.25, -0.2) is 0 Å². The minimum absolute atomic E-state index is 0.0816. The predicted octanol–water partition coefficient (Wildman–Crippen LogP) is 1.42. The number of rotatable bonds is 5. The van der Waals surface area contributed by atoms with Gasteiger partial charge in [0.1, 0.15) is 0 Å². The summed E-state index contributed by atoms with van der Waals surface area (Å²) >= 11 is 1.47. The summed E-state index contributed by atoms with van der Waals surface area (Å²) < 4.78 is 0. The van der Waals surface area contributed by atoms with Crippen LogP contribution in [0.1, 0.15) is 29.9 Å². The van der Waals surface area contributed by atoms with Crippen molar-refractivity contribution in [2.75, 3.05) is 32.7 Å². The van der Waals surface area contributed by atoms with E-state index in [9.17, 15) is 9.59 Å². The van der Waals surface area contributed by atoms with Crippen LogP contribution in [0.15, 0.2) is 17.5 Å². The zero-order valence-electron chi connectivity index (χ0n) is 12.7.